The van der Waals surface area contributed by atoms with Gasteiger partial charge in [0.05, 0.1) is 6.54 Å². The molecule has 2 heterocycles. The second-order valence-electron chi connectivity index (χ2n) is 3.58. The zero-order chi connectivity index (χ0) is 12.4. The van der Waals surface area contributed by atoms with Crippen molar-refractivity contribution in [3.63, 3.8) is 0 Å². The number of piperazine rings is 1. The summed E-state index contributed by atoms with van der Waals surface area (Å²) in [7, 11) is 0. The Morgan fingerprint density at radius 3 is 2.71 bits per heavy atom. The van der Waals surface area contributed by atoms with Crippen LogP contribution in [0, 0.1) is 0 Å². The lowest BCUT2D eigenvalue weighted by molar-refractivity contribution is -0.128. The molecule has 0 unspecified atom stereocenters. The van der Waals surface area contributed by atoms with Crippen molar-refractivity contribution < 1.29 is 14.7 Å². The third-order valence-electron chi connectivity index (χ3n) is 2.49. The minimum Gasteiger partial charge on any atom is -0.465 e. The van der Waals surface area contributed by atoms with Gasteiger partial charge in [-0.2, -0.15) is 0 Å². The van der Waals surface area contributed by atoms with Gasteiger partial charge >= 0.3 is 6.09 Å². The molecule has 0 saturated carbocycles. The highest BCUT2D eigenvalue weighted by Crippen LogP contribution is 2.16. The second kappa shape index (κ2) is 4.70. The van der Waals surface area contributed by atoms with E-state index in [9.17, 15) is 9.59 Å². The van der Waals surface area contributed by atoms with Gasteiger partial charge in [0, 0.05) is 23.8 Å². The van der Waals surface area contributed by atoms with E-state index in [-0.39, 0.29) is 13.1 Å². The van der Waals surface area contributed by atoms with Crippen LogP contribution in [0.2, 0.25) is 0 Å². The van der Waals surface area contributed by atoms with E-state index >= 15 is 0 Å². The summed E-state index contributed by atoms with van der Waals surface area (Å²) in [5, 5.41) is 8.77. The predicted molar refractivity (Wildman–Crippen MR) is 63.9 cm³/mol. The normalized spacial score (nSPS) is 16.2. The third kappa shape index (κ3) is 2.55. The number of imide groups is 1. The van der Waals surface area contributed by atoms with Crippen LogP contribution in [0.1, 0.15) is 0 Å². The Balaban J connectivity index is 2.09. The molecule has 1 aromatic heterocycles. The van der Waals surface area contributed by atoms with Gasteiger partial charge in [-0.15, -0.1) is 0 Å². The maximum atomic E-state index is 11.6. The number of amides is 2. The highest BCUT2D eigenvalue weighted by Gasteiger charge is 2.28. The van der Waals surface area contributed by atoms with Crippen LogP contribution in [0.25, 0.3) is 0 Å². The van der Waals surface area contributed by atoms with Crippen molar-refractivity contribution in [2.45, 2.75) is 0 Å². The Kier molecular flexibility index (Phi) is 3.28. The van der Waals surface area contributed by atoms with Crippen LogP contribution in [0.5, 0.6) is 0 Å². The van der Waals surface area contributed by atoms with Gasteiger partial charge in [0.15, 0.2) is 0 Å². The van der Waals surface area contributed by atoms with Gasteiger partial charge in [-0.25, -0.2) is 14.7 Å². The number of carbonyl (C=O) groups is 2. The first-order chi connectivity index (χ1) is 8.08. The number of halogens is 1. The lowest BCUT2D eigenvalue weighted by Gasteiger charge is -2.32. The highest BCUT2D eigenvalue weighted by molar-refractivity contribution is 9.10. The molecule has 2 amide bonds. The third-order valence-corrected chi connectivity index (χ3v) is 2.96. The molecule has 1 aliphatic rings. The first-order valence-electron chi connectivity index (χ1n) is 4.98. The van der Waals surface area contributed by atoms with Gasteiger partial charge in [-0.3, -0.25) is 4.79 Å². The van der Waals surface area contributed by atoms with Crippen LogP contribution in [0.15, 0.2) is 22.8 Å². The van der Waals surface area contributed by atoms with Crippen molar-refractivity contribution in [3.05, 3.63) is 22.8 Å². The number of nitrogens with zero attached hydrogens (tertiary/aromatic N) is 3. The maximum absolute atomic E-state index is 11.6. The fraction of sp³-hybridized carbons (Fsp3) is 0.300. The molecule has 2 rings (SSSR count). The average molecular weight is 300 g/mol. The Morgan fingerprint density at radius 1 is 1.41 bits per heavy atom. The summed E-state index contributed by atoms with van der Waals surface area (Å²) in [5.41, 5.74) is 0. The summed E-state index contributed by atoms with van der Waals surface area (Å²) in [6.07, 6.45) is 0.446. The summed E-state index contributed by atoms with van der Waals surface area (Å²) in [5.74, 6) is 0.250. The number of hydrogen-bond acceptors (Lipinski definition) is 4. The van der Waals surface area contributed by atoms with Crippen molar-refractivity contribution in [1.29, 1.82) is 0 Å². The van der Waals surface area contributed by atoms with Gasteiger partial charge in [-0.05, 0) is 28.1 Å². The van der Waals surface area contributed by atoms with Gasteiger partial charge in [0.1, 0.15) is 5.82 Å². The lowest BCUT2D eigenvalue weighted by atomic mass is 10.3. The van der Waals surface area contributed by atoms with Crippen molar-refractivity contribution >= 4 is 33.7 Å². The first kappa shape index (κ1) is 11.8. The van der Waals surface area contributed by atoms with Crippen molar-refractivity contribution in [3.8, 4) is 0 Å². The fourth-order valence-electron chi connectivity index (χ4n) is 1.63. The van der Waals surface area contributed by atoms with E-state index in [2.05, 4.69) is 20.9 Å². The molecular formula is C10H10BrN3O3. The highest BCUT2D eigenvalue weighted by atomic mass is 79.9. The number of carboxylic acid groups (broad SMARTS) is 1. The van der Waals surface area contributed by atoms with E-state index in [0.29, 0.717) is 12.4 Å². The Labute approximate surface area is 106 Å². The van der Waals surface area contributed by atoms with E-state index < -0.39 is 12.0 Å². The summed E-state index contributed by atoms with van der Waals surface area (Å²) in [6.45, 7) is 0.680. The molecule has 1 N–H and O–H groups in total. The van der Waals surface area contributed by atoms with E-state index in [1.54, 1.807) is 17.2 Å². The number of rotatable bonds is 1. The van der Waals surface area contributed by atoms with E-state index in [0.717, 1.165) is 9.37 Å². The Hall–Kier alpha value is -1.63. The average Bonchev–Trinajstić information content (AvgIpc) is 2.29. The molecular weight excluding hydrogens is 290 g/mol. The molecule has 1 aromatic rings. The molecule has 17 heavy (non-hydrogen) atoms. The molecule has 1 fully saturated rings. The molecule has 90 valence electrons. The number of aromatic nitrogens is 1. The minimum atomic E-state index is -1.20. The number of hydrogen-bond donors (Lipinski definition) is 1. The molecule has 0 bridgehead atoms. The smallest absolute Gasteiger partial charge is 0.414 e. The standard InChI is InChI=1S/C10H10BrN3O3/c11-7-1-2-8(12-5-7)13-3-4-14(10(16)17)9(15)6-13/h1-2,5H,3-4,6H2,(H,16,17). The largest absolute Gasteiger partial charge is 0.465 e. The van der Waals surface area contributed by atoms with Crippen LogP contribution >= 0.6 is 15.9 Å². The van der Waals surface area contributed by atoms with Crippen LogP contribution in [0.3, 0.4) is 0 Å². The number of pyridine rings is 1. The van der Waals surface area contributed by atoms with Gasteiger partial charge in [0.25, 0.3) is 5.91 Å². The van der Waals surface area contributed by atoms with Gasteiger partial charge in [-0.1, -0.05) is 0 Å². The number of anilines is 1. The molecule has 1 saturated heterocycles. The second-order valence-corrected chi connectivity index (χ2v) is 4.50. The maximum Gasteiger partial charge on any atom is 0.414 e. The molecule has 0 atom stereocenters. The van der Waals surface area contributed by atoms with Crippen LogP contribution in [0.4, 0.5) is 10.6 Å². The van der Waals surface area contributed by atoms with Crippen LogP contribution < -0.4 is 4.90 Å². The molecule has 1 aliphatic heterocycles. The molecule has 0 radical (unpaired) electrons. The van der Waals surface area contributed by atoms with E-state index in [1.165, 1.54) is 0 Å². The van der Waals surface area contributed by atoms with E-state index in [4.69, 9.17) is 5.11 Å². The topological polar surface area (TPSA) is 73.7 Å². The summed E-state index contributed by atoms with van der Waals surface area (Å²) in [4.78, 5) is 29.0. The lowest BCUT2D eigenvalue weighted by Crippen LogP contribution is -2.52. The molecule has 7 heteroatoms. The van der Waals surface area contributed by atoms with E-state index in [1.807, 2.05) is 6.07 Å². The summed E-state index contributed by atoms with van der Waals surface area (Å²) in [6, 6.07) is 3.62. The van der Waals surface area contributed by atoms with Crippen LogP contribution in [-0.2, 0) is 4.79 Å². The van der Waals surface area contributed by atoms with Gasteiger partial charge in [0.2, 0.25) is 0 Å². The molecule has 0 spiro atoms. The zero-order valence-corrected chi connectivity index (χ0v) is 10.4. The molecule has 6 nitrogen and oxygen atoms in total. The van der Waals surface area contributed by atoms with Gasteiger partial charge < -0.3 is 10.0 Å². The predicted octanol–water partition coefficient (Wildman–Crippen LogP) is 1.17. The SMILES string of the molecule is O=C(O)N1CCN(c2ccc(Br)cn2)CC1=O. The zero-order valence-electron chi connectivity index (χ0n) is 8.84. The molecule has 0 aromatic carbocycles. The van der Waals surface area contributed by atoms with Crippen molar-refractivity contribution in [2.24, 2.45) is 0 Å². The van der Waals surface area contributed by atoms with Crippen molar-refractivity contribution in [2.75, 3.05) is 24.5 Å². The molecule has 0 aliphatic carbocycles. The monoisotopic (exact) mass is 299 g/mol. The summed E-state index contributed by atoms with van der Waals surface area (Å²) < 4.78 is 0.858. The summed E-state index contributed by atoms with van der Waals surface area (Å²) >= 11 is 3.28. The van der Waals surface area contributed by atoms with Crippen LogP contribution in [-0.4, -0.2) is 46.6 Å². The number of carbonyl (C=O) groups excluding carboxylic acids is 1. The minimum absolute atomic E-state index is 0.0426. The Bertz CT molecular complexity index is 449. The Morgan fingerprint density at radius 2 is 2.18 bits per heavy atom. The fourth-order valence-corrected chi connectivity index (χ4v) is 1.86. The first-order valence-corrected chi connectivity index (χ1v) is 5.77. The quantitative estimate of drug-likeness (QED) is 0.843. The van der Waals surface area contributed by atoms with Crippen molar-refractivity contribution in [1.82, 2.24) is 9.88 Å².